The van der Waals surface area contributed by atoms with Gasteiger partial charge in [-0.3, -0.25) is 4.98 Å². The normalized spacial score (nSPS) is 10.5. The molecule has 0 saturated heterocycles. The van der Waals surface area contributed by atoms with Crippen molar-refractivity contribution in [3.8, 4) is 0 Å². The van der Waals surface area contributed by atoms with Crippen LogP contribution in [0, 0.1) is 0 Å². The van der Waals surface area contributed by atoms with E-state index in [-0.39, 0.29) is 0 Å². The van der Waals surface area contributed by atoms with Crippen molar-refractivity contribution in [3.05, 3.63) is 60.6 Å². The first-order valence-corrected chi connectivity index (χ1v) is 6.10. The van der Waals surface area contributed by atoms with E-state index in [2.05, 4.69) is 15.3 Å². The molecular weight excluding hydrogens is 236 g/mol. The Morgan fingerprint density at radius 3 is 2.84 bits per heavy atom. The molecule has 3 rings (SSSR count). The van der Waals surface area contributed by atoms with Crippen molar-refractivity contribution < 1.29 is 0 Å². The summed E-state index contributed by atoms with van der Waals surface area (Å²) in [5.74, 6) is 0.805. The summed E-state index contributed by atoms with van der Waals surface area (Å²) < 4.78 is 0. The molecule has 19 heavy (non-hydrogen) atoms. The molecule has 0 atom stereocenters. The third kappa shape index (κ3) is 2.33. The van der Waals surface area contributed by atoms with Gasteiger partial charge in [0.1, 0.15) is 5.82 Å². The van der Waals surface area contributed by atoms with E-state index in [1.165, 1.54) is 0 Å². The Kier molecular flexibility index (Phi) is 2.98. The minimum atomic E-state index is 0.675. The lowest BCUT2D eigenvalue weighted by Gasteiger charge is -2.10. The van der Waals surface area contributed by atoms with E-state index in [0.717, 1.165) is 27.8 Å². The van der Waals surface area contributed by atoms with Crippen molar-refractivity contribution in [2.24, 2.45) is 0 Å². The van der Waals surface area contributed by atoms with Gasteiger partial charge in [0.15, 0.2) is 0 Å². The molecular formula is C15H14N4. The van der Waals surface area contributed by atoms with Crippen LogP contribution in [0.25, 0.3) is 10.8 Å². The molecule has 0 aliphatic heterocycles. The fourth-order valence-electron chi connectivity index (χ4n) is 2.08. The van der Waals surface area contributed by atoms with E-state index >= 15 is 0 Å². The standard InChI is InChI=1S/C15H14N4/c16-13-5-1-4-12-6-8-18-15(14(12)13)19-10-11-3-2-7-17-9-11/h1-9H,10,16H2,(H,18,19). The Morgan fingerprint density at radius 2 is 2.00 bits per heavy atom. The first-order valence-electron chi connectivity index (χ1n) is 6.10. The molecule has 2 aromatic heterocycles. The number of nitrogen functional groups attached to an aromatic ring is 1. The predicted molar refractivity (Wildman–Crippen MR) is 77.7 cm³/mol. The first kappa shape index (κ1) is 11.5. The summed E-state index contributed by atoms with van der Waals surface area (Å²) in [6.07, 6.45) is 5.38. The SMILES string of the molecule is Nc1cccc2ccnc(NCc3cccnc3)c12. The number of nitrogens with two attached hydrogens (primary N) is 1. The summed E-state index contributed by atoms with van der Waals surface area (Å²) in [6.45, 7) is 0.675. The Balaban J connectivity index is 1.93. The molecule has 3 aromatic rings. The predicted octanol–water partition coefficient (Wildman–Crippen LogP) is 2.82. The molecule has 0 spiro atoms. The van der Waals surface area contributed by atoms with Crippen molar-refractivity contribution >= 4 is 22.3 Å². The largest absolute Gasteiger partial charge is 0.398 e. The maximum absolute atomic E-state index is 6.03. The smallest absolute Gasteiger partial charge is 0.136 e. The summed E-state index contributed by atoms with van der Waals surface area (Å²) in [6, 6.07) is 11.8. The Bertz CT molecular complexity index is 690. The van der Waals surface area contributed by atoms with E-state index in [1.807, 2.05) is 42.6 Å². The van der Waals surface area contributed by atoms with Crippen molar-refractivity contribution in [1.29, 1.82) is 0 Å². The second-order valence-corrected chi connectivity index (χ2v) is 4.32. The second-order valence-electron chi connectivity index (χ2n) is 4.32. The molecule has 2 heterocycles. The van der Waals surface area contributed by atoms with Crippen molar-refractivity contribution in [3.63, 3.8) is 0 Å². The van der Waals surface area contributed by atoms with Crippen LogP contribution < -0.4 is 11.1 Å². The molecule has 0 aliphatic carbocycles. The molecule has 0 bridgehead atoms. The second kappa shape index (κ2) is 4.94. The lowest BCUT2D eigenvalue weighted by atomic mass is 10.1. The van der Waals surface area contributed by atoms with Gasteiger partial charge in [0.05, 0.1) is 0 Å². The maximum atomic E-state index is 6.03. The highest BCUT2D eigenvalue weighted by molar-refractivity contribution is 6.00. The topological polar surface area (TPSA) is 63.8 Å². The van der Waals surface area contributed by atoms with Crippen LogP contribution in [0.1, 0.15) is 5.56 Å². The van der Waals surface area contributed by atoms with Gasteiger partial charge in [0.25, 0.3) is 0 Å². The lowest BCUT2D eigenvalue weighted by Crippen LogP contribution is -2.03. The molecule has 4 heteroatoms. The fourth-order valence-corrected chi connectivity index (χ4v) is 2.08. The Morgan fingerprint density at radius 1 is 1.05 bits per heavy atom. The van der Waals surface area contributed by atoms with Gasteiger partial charge in [-0.05, 0) is 29.1 Å². The van der Waals surface area contributed by atoms with Crippen molar-refractivity contribution in [2.45, 2.75) is 6.54 Å². The molecule has 0 aliphatic rings. The molecule has 0 radical (unpaired) electrons. The van der Waals surface area contributed by atoms with Crippen LogP contribution in [0.5, 0.6) is 0 Å². The third-order valence-electron chi connectivity index (χ3n) is 3.01. The van der Waals surface area contributed by atoms with E-state index in [9.17, 15) is 0 Å². The van der Waals surface area contributed by atoms with Crippen molar-refractivity contribution in [1.82, 2.24) is 9.97 Å². The molecule has 1 aromatic carbocycles. The Hall–Kier alpha value is -2.62. The number of rotatable bonds is 3. The van der Waals surface area contributed by atoms with E-state index < -0.39 is 0 Å². The average molecular weight is 250 g/mol. The lowest BCUT2D eigenvalue weighted by molar-refractivity contribution is 1.09. The zero-order chi connectivity index (χ0) is 13.1. The maximum Gasteiger partial charge on any atom is 0.136 e. The number of benzene rings is 1. The zero-order valence-corrected chi connectivity index (χ0v) is 10.4. The van der Waals surface area contributed by atoms with Crippen LogP contribution in [-0.4, -0.2) is 9.97 Å². The highest BCUT2D eigenvalue weighted by atomic mass is 15.0. The van der Waals surface area contributed by atoms with Crippen LogP contribution in [0.3, 0.4) is 0 Å². The van der Waals surface area contributed by atoms with Gasteiger partial charge in [-0.15, -0.1) is 0 Å². The molecule has 0 unspecified atom stereocenters. The summed E-state index contributed by atoms with van der Waals surface area (Å²) >= 11 is 0. The number of nitrogens with zero attached hydrogens (tertiary/aromatic N) is 2. The van der Waals surface area contributed by atoms with Gasteiger partial charge >= 0.3 is 0 Å². The van der Waals surface area contributed by atoms with Crippen LogP contribution in [0.2, 0.25) is 0 Å². The quantitative estimate of drug-likeness (QED) is 0.702. The molecule has 3 N–H and O–H groups in total. The molecule has 0 fully saturated rings. The number of fused-ring (bicyclic) bond motifs is 1. The number of nitrogens with one attached hydrogen (secondary N) is 1. The molecule has 0 saturated carbocycles. The number of pyridine rings is 2. The first-order chi connectivity index (χ1) is 9.34. The van der Waals surface area contributed by atoms with E-state index in [1.54, 1.807) is 12.4 Å². The van der Waals surface area contributed by atoms with Crippen molar-refractivity contribution in [2.75, 3.05) is 11.1 Å². The van der Waals surface area contributed by atoms with E-state index in [0.29, 0.717) is 6.54 Å². The van der Waals surface area contributed by atoms with Gasteiger partial charge in [0.2, 0.25) is 0 Å². The molecule has 0 amide bonds. The summed E-state index contributed by atoms with van der Waals surface area (Å²) in [4.78, 5) is 8.46. The summed E-state index contributed by atoms with van der Waals surface area (Å²) in [7, 11) is 0. The highest BCUT2D eigenvalue weighted by Gasteiger charge is 2.05. The van der Waals surface area contributed by atoms with Gasteiger partial charge < -0.3 is 11.1 Å². The minimum absolute atomic E-state index is 0.675. The van der Waals surface area contributed by atoms with Gasteiger partial charge in [-0.25, -0.2) is 4.98 Å². The van der Waals surface area contributed by atoms with Crippen LogP contribution in [0.15, 0.2) is 55.0 Å². The van der Waals surface area contributed by atoms with Crippen LogP contribution in [-0.2, 0) is 6.54 Å². The monoisotopic (exact) mass is 250 g/mol. The minimum Gasteiger partial charge on any atom is -0.398 e. The fraction of sp³-hybridized carbons (Fsp3) is 0.0667. The summed E-state index contributed by atoms with van der Waals surface area (Å²) in [5, 5.41) is 5.37. The van der Waals surface area contributed by atoms with Gasteiger partial charge in [0, 0.05) is 36.2 Å². The molecule has 4 nitrogen and oxygen atoms in total. The summed E-state index contributed by atoms with van der Waals surface area (Å²) in [5.41, 5.74) is 7.88. The Labute approximate surface area is 111 Å². The van der Waals surface area contributed by atoms with E-state index in [4.69, 9.17) is 5.73 Å². The number of aromatic nitrogens is 2. The number of hydrogen-bond acceptors (Lipinski definition) is 4. The van der Waals surface area contributed by atoms with Gasteiger partial charge in [-0.1, -0.05) is 18.2 Å². The van der Waals surface area contributed by atoms with Crippen LogP contribution >= 0.6 is 0 Å². The third-order valence-corrected chi connectivity index (χ3v) is 3.01. The number of anilines is 2. The zero-order valence-electron chi connectivity index (χ0n) is 10.4. The number of hydrogen-bond donors (Lipinski definition) is 2. The molecule has 94 valence electrons. The van der Waals surface area contributed by atoms with Crippen LogP contribution in [0.4, 0.5) is 11.5 Å². The van der Waals surface area contributed by atoms with Gasteiger partial charge in [-0.2, -0.15) is 0 Å². The average Bonchev–Trinajstić information content (AvgIpc) is 2.46. The highest BCUT2D eigenvalue weighted by Crippen LogP contribution is 2.26.